The van der Waals surface area contributed by atoms with Gasteiger partial charge in [-0.3, -0.25) is 9.89 Å². The Labute approximate surface area is 55.6 Å². The summed E-state index contributed by atoms with van der Waals surface area (Å²) in [6.07, 6.45) is 0. The number of aliphatic imine (C=N–C) groups is 1. The summed E-state index contributed by atoms with van der Waals surface area (Å²) in [4.78, 5) is 6.36. The van der Waals surface area contributed by atoms with E-state index in [9.17, 15) is 0 Å². The first-order valence-electron chi connectivity index (χ1n) is 3.19. The van der Waals surface area contributed by atoms with Crippen LogP contribution in [0.1, 0.15) is 6.92 Å². The Morgan fingerprint density at radius 3 is 2.89 bits per heavy atom. The number of nitrogens with two attached hydrogens (primary N) is 1. The average Bonchev–Trinajstić information content (AvgIpc) is 1.59. The molecule has 0 aliphatic carbocycles. The quantitative estimate of drug-likeness (QED) is 0.484. The molecule has 0 unspecified atom stereocenters. The molecule has 0 aromatic carbocycles. The van der Waals surface area contributed by atoms with Gasteiger partial charge in [0, 0.05) is 6.54 Å². The van der Waals surface area contributed by atoms with Crippen LogP contribution in [0.25, 0.3) is 0 Å². The molecule has 3 heteroatoms. The third-order valence-electron chi connectivity index (χ3n) is 1.39. The summed E-state index contributed by atoms with van der Waals surface area (Å²) in [5, 5.41) is 0. The van der Waals surface area contributed by atoms with Crippen molar-refractivity contribution in [3.05, 3.63) is 0 Å². The van der Waals surface area contributed by atoms with Crippen LogP contribution in [-0.4, -0.2) is 36.9 Å². The highest BCUT2D eigenvalue weighted by atomic mass is 15.2. The van der Waals surface area contributed by atoms with E-state index in [0.29, 0.717) is 6.04 Å². The first kappa shape index (κ1) is 6.55. The van der Waals surface area contributed by atoms with Gasteiger partial charge in [-0.05, 0) is 14.0 Å². The lowest BCUT2D eigenvalue weighted by atomic mass is 10.3. The molecule has 1 heterocycles. The van der Waals surface area contributed by atoms with E-state index in [1.165, 1.54) is 0 Å². The molecule has 1 rings (SSSR count). The predicted molar refractivity (Wildman–Crippen MR) is 38.6 cm³/mol. The Hall–Kier alpha value is -0.570. The minimum absolute atomic E-state index is 0.378. The zero-order valence-electron chi connectivity index (χ0n) is 5.96. The van der Waals surface area contributed by atoms with Crippen molar-refractivity contribution >= 4 is 5.84 Å². The molecule has 0 bridgehead atoms. The van der Waals surface area contributed by atoms with Crippen LogP contribution in [0, 0.1) is 0 Å². The number of hydrogen-bond acceptors (Lipinski definition) is 3. The van der Waals surface area contributed by atoms with Gasteiger partial charge < -0.3 is 5.73 Å². The number of hydrogen-bond donors (Lipinski definition) is 1. The van der Waals surface area contributed by atoms with E-state index < -0.39 is 0 Å². The van der Waals surface area contributed by atoms with E-state index >= 15 is 0 Å². The Kier molecular flexibility index (Phi) is 1.71. The number of amidine groups is 1. The van der Waals surface area contributed by atoms with Gasteiger partial charge in [-0.1, -0.05) is 0 Å². The molecule has 9 heavy (non-hydrogen) atoms. The van der Waals surface area contributed by atoms with Gasteiger partial charge in [-0.25, -0.2) is 0 Å². The van der Waals surface area contributed by atoms with Crippen molar-refractivity contribution < 1.29 is 0 Å². The lowest BCUT2D eigenvalue weighted by Gasteiger charge is -2.23. The van der Waals surface area contributed by atoms with Crippen molar-refractivity contribution in [2.24, 2.45) is 10.7 Å². The average molecular weight is 127 g/mol. The van der Waals surface area contributed by atoms with Crippen LogP contribution in [0.4, 0.5) is 0 Å². The lowest BCUT2D eigenvalue weighted by Crippen LogP contribution is -2.40. The highest BCUT2D eigenvalue weighted by Crippen LogP contribution is 1.99. The second-order valence-corrected chi connectivity index (χ2v) is 2.67. The molecule has 0 amide bonds. The Balaban J connectivity index is 2.56. The Morgan fingerprint density at radius 1 is 1.78 bits per heavy atom. The minimum atomic E-state index is 0.378. The molecule has 1 aliphatic rings. The lowest BCUT2D eigenvalue weighted by molar-refractivity contribution is 0.341. The summed E-state index contributed by atoms with van der Waals surface area (Å²) < 4.78 is 0. The molecule has 0 fully saturated rings. The highest BCUT2D eigenvalue weighted by Gasteiger charge is 2.11. The number of rotatable bonds is 0. The van der Waals surface area contributed by atoms with E-state index in [4.69, 9.17) is 5.73 Å². The zero-order chi connectivity index (χ0) is 6.85. The second-order valence-electron chi connectivity index (χ2n) is 2.67. The number of nitrogens with zero attached hydrogens (tertiary/aromatic N) is 2. The second kappa shape index (κ2) is 2.35. The van der Waals surface area contributed by atoms with Gasteiger partial charge in [-0.15, -0.1) is 0 Å². The van der Waals surface area contributed by atoms with Crippen LogP contribution in [-0.2, 0) is 0 Å². The smallest absolute Gasteiger partial charge is 0.108 e. The summed E-state index contributed by atoms with van der Waals surface area (Å²) in [6.45, 7) is 3.92. The predicted octanol–water partition coefficient (Wildman–Crippen LogP) is -0.322. The molecule has 0 aromatic heterocycles. The molecule has 0 radical (unpaired) electrons. The van der Waals surface area contributed by atoms with Gasteiger partial charge in [0.15, 0.2) is 0 Å². The van der Waals surface area contributed by atoms with Crippen LogP contribution in [0.15, 0.2) is 4.99 Å². The summed E-state index contributed by atoms with van der Waals surface area (Å²) in [5.74, 6) is 0.760. The molecule has 52 valence electrons. The maximum Gasteiger partial charge on any atom is 0.108 e. The topological polar surface area (TPSA) is 41.6 Å². The van der Waals surface area contributed by atoms with Crippen LogP contribution in [0.2, 0.25) is 0 Å². The standard InChI is InChI=1S/C6H13N3/c1-5-3-9(2)4-6(7)8-5/h5H,3-4H2,1-2H3,(H2,7,8)/t5-/m0/s1. The number of likely N-dealkylation sites (N-methyl/N-ethyl adjacent to an activating group) is 1. The van der Waals surface area contributed by atoms with Crippen molar-refractivity contribution in [2.45, 2.75) is 13.0 Å². The van der Waals surface area contributed by atoms with Crippen LogP contribution in [0.3, 0.4) is 0 Å². The van der Waals surface area contributed by atoms with E-state index in [1.54, 1.807) is 0 Å². The first-order chi connectivity index (χ1) is 4.18. The molecular weight excluding hydrogens is 114 g/mol. The fraction of sp³-hybridized carbons (Fsp3) is 0.833. The molecule has 1 atom stereocenters. The molecule has 0 aromatic rings. The van der Waals surface area contributed by atoms with Crippen LogP contribution < -0.4 is 5.73 Å². The van der Waals surface area contributed by atoms with E-state index in [2.05, 4.69) is 23.9 Å². The fourth-order valence-corrected chi connectivity index (χ4v) is 1.16. The van der Waals surface area contributed by atoms with Crippen molar-refractivity contribution in [2.75, 3.05) is 20.1 Å². The first-order valence-corrected chi connectivity index (χ1v) is 3.19. The van der Waals surface area contributed by atoms with E-state index in [0.717, 1.165) is 18.9 Å². The van der Waals surface area contributed by atoms with E-state index in [-0.39, 0.29) is 0 Å². The molecule has 0 saturated heterocycles. The molecule has 0 saturated carbocycles. The highest BCUT2D eigenvalue weighted by molar-refractivity contribution is 5.83. The maximum absolute atomic E-state index is 5.52. The summed E-state index contributed by atoms with van der Waals surface area (Å²) in [5.41, 5.74) is 5.52. The molecule has 2 N–H and O–H groups in total. The van der Waals surface area contributed by atoms with Crippen LogP contribution >= 0.6 is 0 Å². The largest absolute Gasteiger partial charge is 0.386 e. The Morgan fingerprint density at radius 2 is 2.44 bits per heavy atom. The fourth-order valence-electron chi connectivity index (χ4n) is 1.16. The van der Waals surface area contributed by atoms with Gasteiger partial charge in [-0.2, -0.15) is 0 Å². The van der Waals surface area contributed by atoms with Gasteiger partial charge in [0.1, 0.15) is 5.84 Å². The van der Waals surface area contributed by atoms with Gasteiger partial charge in [0.05, 0.1) is 12.6 Å². The van der Waals surface area contributed by atoms with Gasteiger partial charge >= 0.3 is 0 Å². The maximum atomic E-state index is 5.52. The van der Waals surface area contributed by atoms with Gasteiger partial charge in [0.25, 0.3) is 0 Å². The zero-order valence-corrected chi connectivity index (χ0v) is 5.96. The minimum Gasteiger partial charge on any atom is -0.386 e. The monoisotopic (exact) mass is 127 g/mol. The van der Waals surface area contributed by atoms with Crippen molar-refractivity contribution in [1.82, 2.24) is 4.90 Å². The summed E-state index contributed by atoms with van der Waals surface area (Å²) >= 11 is 0. The van der Waals surface area contributed by atoms with Crippen molar-refractivity contribution in [1.29, 1.82) is 0 Å². The normalized spacial score (nSPS) is 30.0. The Bertz CT molecular complexity index is 130. The molecule has 3 nitrogen and oxygen atoms in total. The molecule has 1 aliphatic heterocycles. The summed E-state index contributed by atoms with van der Waals surface area (Å²) in [6, 6.07) is 0.378. The van der Waals surface area contributed by atoms with Crippen molar-refractivity contribution in [3.63, 3.8) is 0 Å². The summed E-state index contributed by atoms with van der Waals surface area (Å²) in [7, 11) is 2.05. The van der Waals surface area contributed by atoms with Gasteiger partial charge in [0.2, 0.25) is 0 Å². The molecule has 0 spiro atoms. The van der Waals surface area contributed by atoms with E-state index in [1.807, 2.05) is 0 Å². The SMILES string of the molecule is C[C@H]1CN(C)CC(N)=N1. The van der Waals surface area contributed by atoms with Crippen LogP contribution in [0.5, 0.6) is 0 Å². The van der Waals surface area contributed by atoms with Crippen molar-refractivity contribution in [3.8, 4) is 0 Å². The third-order valence-corrected chi connectivity index (χ3v) is 1.39. The third kappa shape index (κ3) is 1.68. The molecular formula is C6H13N3.